The molecule has 0 saturated heterocycles. The molecule has 0 spiro atoms. The highest BCUT2D eigenvalue weighted by Gasteiger charge is 2.49. The zero-order valence-electron chi connectivity index (χ0n) is 19.5. The lowest BCUT2D eigenvalue weighted by Gasteiger charge is -2.43. The Balaban J connectivity index is 1.73. The Morgan fingerprint density at radius 1 is 1.09 bits per heavy atom. The van der Waals surface area contributed by atoms with E-state index in [2.05, 4.69) is 10.3 Å². The molecule has 3 aromatic rings. The molecular formula is C25H26N4O5. The molecule has 2 amide bonds. The van der Waals surface area contributed by atoms with Gasteiger partial charge >= 0.3 is 5.97 Å². The molecule has 0 saturated carbocycles. The van der Waals surface area contributed by atoms with Crippen LogP contribution in [0.15, 0.2) is 54.9 Å². The Kier molecular flexibility index (Phi) is 6.10. The lowest BCUT2D eigenvalue weighted by molar-refractivity contribution is -0.126. The molecule has 0 unspecified atom stereocenters. The second-order valence-corrected chi connectivity index (χ2v) is 8.34. The van der Waals surface area contributed by atoms with Crippen LogP contribution in [-0.4, -0.2) is 47.1 Å². The van der Waals surface area contributed by atoms with Crippen LogP contribution in [0.25, 0.3) is 0 Å². The number of esters is 1. The molecular weight excluding hydrogens is 436 g/mol. The van der Waals surface area contributed by atoms with E-state index in [0.717, 1.165) is 11.1 Å². The molecule has 9 nitrogen and oxygen atoms in total. The Hall–Kier alpha value is -4.14. The number of aromatic nitrogens is 2. The summed E-state index contributed by atoms with van der Waals surface area (Å²) in [6, 6.07) is 14.7. The third kappa shape index (κ3) is 4.00. The van der Waals surface area contributed by atoms with Crippen molar-refractivity contribution in [2.45, 2.75) is 32.5 Å². The smallest absolute Gasteiger partial charge is 0.359 e. The minimum absolute atomic E-state index is 0.0754. The van der Waals surface area contributed by atoms with Crippen LogP contribution in [0.1, 0.15) is 39.0 Å². The number of methoxy groups -OCH3 is 2. The van der Waals surface area contributed by atoms with Gasteiger partial charge in [-0.25, -0.2) is 9.78 Å². The van der Waals surface area contributed by atoms with Crippen LogP contribution in [0.5, 0.6) is 5.75 Å². The summed E-state index contributed by atoms with van der Waals surface area (Å²) in [6.45, 7) is 4.10. The summed E-state index contributed by atoms with van der Waals surface area (Å²) < 4.78 is 11.6. The van der Waals surface area contributed by atoms with Gasteiger partial charge in [0.15, 0.2) is 5.69 Å². The minimum atomic E-state index is -1.29. The summed E-state index contributed by atoms with van der Waals surface area (Å²) in [5.74, 6) is -0.971. The van der Waals surface area contributed by atoms with E-state index < -0.39 is 17.4 Å². The minimum Gasteiger partial charge on any atom is -0.497 e. The van der Waals surface area contributed by atoms with Gasteiger partial charge in [-0.05, 0) is 43.7 Å². The van der Waals surface area contributed by atoms with Crippen molar-refractivity contribution in [3.63, 3.8) is 0 Å². The zero-order valence-corrected chi connectivity index (χ0v) is 19.5. The number of carbonyl (C=O) groups excluding carboxylic acids is 3. The number of nitrogens with zero attached hydrogens (tertiary/aromatic N) is 3. The van der Waals surface area contributed by atoms with Crippen molar-refractivity contribution < 1.29 is 23.9 Å². The molecule has 1 N–H and O–H groups in total. The van der Waals surface area contributed by atoms with E-state index in [1.807, 2.05) is 31.2 Å². The molecule has 2 heterocycles. The Morgan fingerprint density at radius 2 is 1.76 bits per heavy atom. The van der Waals surface area contributed by atoms with Crippen LogP contribution in [0, 0.1) is 6.92 Å². The molecule has 34 heavy (non-hydrogen) atoms. The normalized spacial score (nSPS) is 17.2. The Morgan fingerprint density at radius 3 is 2.38 bits per heavy atom. The summed E-state index contributed by atoms with van der Waals surface area (Å²) in [5.41, 5.74) is 1.25. The maximum absolute atomic E-state index is 13.8. The van der Waals surface area contributed by atoms with Gasteiger partial charge in [0, 0.05) is 12.2 Å². The van der Waals surface area contributed by atoms with Crippen LogP contribution >= 0.6 is 0 Å². The van der Waals surface area contributed by atoms with Gasteiger partial charge in [0.05, 0.1) is 27.1 Å². The number of anilines is 1. The first-order valence-corrected chi connectivity index (χ1v) is 10.7. The number of amides is 2. The van der Waals surface area contributed by atoms with E-state index >= 15 is 0 Å². The molecule has 0 aliphatic carbocycles. The second kappa shape index (κ2) is 9.01. The fraction of sp³-hybridized carbons (Fsp3) is 0.280. The van der Waals surface area contributed by atoms with E-state index in [1.54, 1.807) is 38.3 Å². The number of fused-ring (bicyclic) bond motifs is 1. The van der Waals surface area contributed by atoms with Crippen LogP contribution in [0.3, 0.4) is 0 Å². The van der Waals surface area contributed by atoms with Gasteiger partial charge in [0.2, 0.25) is 5.91 Å². The van der Waals surface area contributed by atoms with Gasteiger partial charge < -0.3 is 19.4 Å². The highest BCUT2D eigenvalue weighted by molar-refractivity contribution is 6.15. The largest absolute Gasteiger partial charge is 0.497 e. The highest BCUT2D eigenvalue weighted by Crippen LogP contribution is 2.34. The van der Waals surface area contributed by atoms with E-state index in [0.29, 0.717) is 18.0 Å². The second-order valence-electron chi connectivity index (χ2n) is 8.34. The van der Waals surface area contributed by atoms with Crippen molar-refractivity contribution in [3.05, 3.63) is 77.4 Å². The maximum atomic E-state index is 13.8. The van der Waals surface area contributed by atoms with Crippen molar-refractivity contribution in [1.29, 1.82) is 0 Å². The topological polar surface area (TPSA) is 103 Å². The fourth-order valence-corrected chi connectivity index (χ4v) is 4.09. The van der Waals surface area contributed by atoms with Crippen LogP contribution in [0.4, 0.5) is 5.69 Å². The summed E-state index contributed by atoms with van der Waals surface area (Å²) in [4.78, 5) is 45.0. The van der Waals surface area contributed by atoms with Gasteiger partial charge in [-0.1, -0.05) is 29.8 Å². The molecule has 4 rings (SSSR count). The van der Waals surface area contributed by atoms with E-state index in [1.165, 1.54) is 22.9 Å². The summed E-state index contributed by atoms with van der Waals surface area (Å²) in [7, 11) is 2.77. The van der Waals surface area contributed by atoms with E-state index in [9.17, 15) is 14.4 Å². The predicted molar refractivity (Wildman–Crippen MR) is 125 cm³/mol. The molecule has 2 aromatic carbocycles. The number of hydrogen-bond acceptors (Lipinski definition) is 6. The van der Waals surface area contributed by atoms with Gasteiger partial charge in [-0.2, -0.15) is 0 Å². The monoisotopic (exact) mass is 462 g/mol. The quantitative estimate of drug-likeness (QED) is 0.565. The Bertz CT molecular complexity index is 1230. The first kappa shape index (κ1) is 23.0. The maximum Gasteiger partial charge on any atom is 0.359 e. The molecule has 0 fully saturated rings. The van der Waals surface area contributed by atoms with Crippen molar-refractivity contribution >= 4 is 23.5 Å². The molecule has 1 aromatic heterocycles. The highest BCUT2D eigenvalue weighted by atomic mass is 16.5. The number of aryl methyl sites for hydroxylation is 1. The first-order chi connectivity index (χ1) is 16.3. The number of rotatable bonds is 6. The van der Waals surface area contributed by atoms with Crippen LogP contribution < -0.4 is 15.0 Å². The summed E-state index contributed by atoms with van der Waals surface area (Å²) in [5, 5.41) is 2.96. The number of ether oxygens (including phenoxy) is 2. The van der Waals surface area contributed by atoms with Gasteiger partial charge in [0.25, 0.3) is 5.91 Å². The number of imidazole rings is 1. The van der Waals surface area contributed by atoms with Gasteiger partial charge in [-0.3, -0.25) is 14.5 Å². The molecule has 1 aliphatic rings. The molecule has 1 aliphatic heterocycles. The lowest BCUT2D eigenvalue weighted by atomic mass is 9.93. The number of nitrogens with one attached hydrogen (secondary N) is 1. The Labute approximate surface area is 197 Å². The predicted octanol–water partition coefficient (Wildman–Crippen LogP) is 2.72. The van der Waals surface area contributed by atoms with Gasteiger partial charge in [0.1, 0.15) is 17.0 Å². The zero-order chi connectivity index (χ0) is 24.5. The third-order valence-electron chi connectivity index (χ3n) is 5.99. The average Bonchev–Trinajstić information content (AvgIpc) is 3.27. The number of benzene rings is 2. The molecule has 9 heteroatoms. The van der Waals surface area contributed by atoms with Crippen molar-refractivity contribution in [1.82, 2.24) is 14.9 Å². The molecule has 0 bridgehead atoms. The standard InChI is InChI=1S/C25H26N4O5/c1-16-5-7-17(8-6-16)13-26-24(32)25(2)14-28-15-27-20(23(31)34-4)21(28)22(30)29(25)18-9-11-19(33-3)12-10-18/h5-12,15H,13-14H2,1-4H3,(H,26,32)/t25-/m0/s1. The van der Waals surface area contributed by atoms with Crippen LogP contribution in [0.2, 0.25) is 0 Å². The fourth-order valence-electron chi connectivity index (χ4n) is 4.09. The van der Waals surface area contributed by atoms with Gasteiger partial charge in [-0.15, -0.1) is 0 Å². The van der Waals surface area contributed by atoms with E-state index in [-0.39, 0.29) is 23.8 Å². The van der Waals surface area contributed by atoms with Crippen LogP contribution in [-0.2, 0) is 22.6 Å². The SMILES string of the molecule is COC(=O)c1ncn2c1C(=O)N(c1ccc(OC)cc1)[C@](C)(C(=O)NCc1ccc(C)cc1)C2. The number of hydrogen-bond donors (Lipinski definition) is 1. The summed E-state index contributed by atoms with van der Waals surface area (Å²) in [6.07, 6.45) is 1.39. The molecule has 0 radical (unpaired) electrons. The third-order valence-corrected chi connectivity index (χ3v) is 5.99. The number of carbonyl (C=O) groups is 3. The molecule has 176 valence electrons. The van der Waals surface area contributed by atoms with E-state index in [4.69, 9.17) is 9.47 Å². The van der Waals surface area contributed by atoms with Crippen molar-refractivity contribution in [3.8, 4) is 5.75 Å². The van der Waals surface area contributed by atoms with Crippen molar-refractivity contribution in [2.24, 2.45) is 0 Å². The lowest BCUT2D eigenvalue weighted by Crippen LogP contribution is -2.64. The first-order valence-electron chi connectivity index (χ1n) is 10.7. The van der Waals surface area contributed by atoms with Crippen molar-refractivity contribution in [2.75, 3.05) is 19.1 Å². The summed E-state index contributed by atoms with van der Waals surface area (Å²) >= 11 is 0. The molecule has 1 atom stereocenters. The average molecular weight is 463 g/mol.